The fraction of sp³-hybridized carbons (Fsp3) is 0.294. The first-order valence-corrected chi connectivity index (χ1v) is 8.59. The van der Waals surface area contributed by atoms with Gasteiger partial charge in [-0.15, -0.1) is 0 Å². The van der Waals surface area contributed by atoms with Crippen LogP contribution in [0.5, 0.6) is 0 Å². The van der Waals surface area contributed by atoms with E-state index < -0.39 is 0 Å². The van der Waals surface area contributed by atoms with Crippen molar-refractivity contribution in [3.63, 3.8) is 0 Å². The van der Waals surface area contributed by atoms with Gasteiger partial charge in [-0.2, -0.15) is 0 Å². The molecule has 21 heavy (non-hydrogen) atoms. The van der Waals surface area contributed by atoms with Crippen LogP contribution >= 0.6 is 31.9 Å². The smallest absolute Gasteiger partial charge is 0.123 e. The topological polar surface area (TPSA) is 12.0 Å². The van der Waals surface area contributed by atoms with Crippen molar-refractivity contribution in [2.75, 3.05) is 13.1 Å². The van der Waals surface area contributed by atoms with Gasteiger partial charge in [0, 0.05) is 21.4 Å². The molecule has 1 atom stereocenters. The summed E-state index contributed by atoms with van der Waals surface area (Å²) < 4.78 is 15.5. The highest BCUT2D eigenvalue weighted by Gasteiger charge is 2.14. The van der Waals surface area contributed by atoms with Crippen molar-refractivity contribution in [2.45, 2.75) is 19.3 Å². The maximum Gasteiger partial charge on any atom is 0.123 e. The Balaban J connectivity index is 2.25. The monoisotopic (exact) mass is 413 g/mol. The van der Waals surface area contributed by atoms with E-state index in [-0.39, 0.29) is 5.82 Å². The third-order valence-corrected chi connectivity index (χ3v) is 4.70. The third kappa shape index (κ3) is 4.90. The molecule has 0 fully saturated rings. The standard InChI is InChI=1S/C17H18Br2FN/c1-2-21-11-14(12-4-3-5-15(18)9-12)8-13-10-16(20)6-7-17(13)19/h3-7,9-10,14,21H,2,8,11H2,1H3. The quantitative estimate of drug-likeness (QED) is 0.677. The Hall–Kier alpha value is -0.710. The lowest BCUT2D eigenvalue weighted by Crippen LogP contribution is -2.22. The van der Waals surface area contributed by atoms with Crippen LogP contribution in [0.25, 0.3) is 0 Å². The minimum absolute atomic E-state index is 0.190. The van der Waals surface area contributed by atoms with Gasteiger partial charge in [0.15, 0.2) is 0 Å². The van der Waals surface area contributed by atoms with E-state index in [1.807, 2.05) is 12.1 Å². The molecule has 0 radical (unpaired) electrons. The molecule has 0 saturated carbocycles. The summed E-state index contributed by atoms with van der Waals surface area (Å²) in [6.45, 7) is 3.89. The molecule has 0 aromatic heterocycles. The molecule has 0 spiro atoms. The zero-order valence-electron chi connectivity index (χ0n) is 11.9. The van der Waals surface area contributed by atoms with E-state index in [4.69, 9.17) is 0 Å². The van der Waals surface area contributed by atoms with E-state index in [0.717, 1.165) is 34.0 Å². The molecule has 2 aromatic carbocycles. The van der Waals surface area contributed by atoms with Crippen LogP contribution in [0.4, 0.5) is 4.39 Å². The highest BCUT2D eigenvalue weighted by Crippen LogP contribution is 2.27. The zero-order chi connectivity index (χ0) is 15.2. The normalized spacial score (nSPS) is 12.4. The second kappa shape index (κ2) is 8.06. The van der Waals surface area contributed by atoms with Crippen LogP contribution in [0, 0.1) is 5.82 Å². The fourth-order valence-electron chi connectivity index (χ4n) is 2.35. The van der Waals surface area contributed by atoms with E-state index >= 15 is 0 Å². The summed E-state index contributed by atoms with van der Waals surface area (Å²) in [5.41, 5.74) is 2.25. The predicted octanol–water partition coefficient (Wildman–Crippen LogP) is 5.29. The van der Waals surface area contributed by atoms with Crippen molar-refractivity contribution < 1.29 is 4.39 Å². The summed E-state index contributed by atoms with van der Waals surface area (Å²) in [5.74, 6) is 0.116. The summed E-state index contributed by atoms with van der Waals surface area (Å²) >= 11 is 7.04. The van der Waals surface area contributed by atoms with Gasteiger partial charge >= 0.3 is 0 Å². The Bertz CT molecular complexity index is 601. The molecule has 0 saturated heterocycles. The number of benzene rings is 2. The molecule has 1 N–H and O–H groups in total. The Labute approximate surface area is 142 Å². The first-order chi connectivity index (χ1) is 10.1. The summed E-state index contributed by atoms with van der Waals surface area (Å²) in [6.07, 6.45) is 0.793. The van der Waals surface area contributed by atoms with Gasteiger partial charge in [0.1, 0.15) is 5.82 Å². The molecule has 0 aliphatic rings. The van der Waals surface area contributed by atoms with Crippen molar-refractivity contribution in [1.82, 2.24) is 5.32 Å². The van der Waals surface area contributed by atoms with Gasteiger partial charge in [0.05, 0.1) is 0 Å². The van der Waals surface area contributed by atoms with E-state index in [2.05, 4.69) is 56.2 Å². The molecule has 0 aliphatic carbocycles. The highest BCUT2D eigenvalue weighted by atomic mass is 79.9. The molecular formula is C17H18Br2FN. The molecule has 1 nitrogen and oxygen atoms in total. The molecule has 0 bridgehead atoms. The van der Waals surface area contributed by atoms with Crippen LogP contribution in [0.1, 0.15) is 24.0 Å². The molecular weight excluding hydrogens is 397 g/mol. The Morgan fingerprint density at radius 3 is 2.67 bits per heavy atom. The number of rotatable bonds is 6. The number of hydrogen-bond acceptors (Lipinski definition) is 1. The Morgan fingerprint density at radius 1 is 1.14 bits per heavy atom. The second-order valence-electron chi connectivity index (χ2n) is 5.00. The van der Waals surface area contributed by atoms with Crippen LogP contribution < -0.4 is 5.32 Å². The van der Waals surface area contributed by atoms with Gasteiger partial charge in [-0.05, 0) is 54.4 Å². The molecule has 2 rings (SSSR count). The zero-order valence-corrected chi connectivity index (χ0v) is 15.0. The Morgan fingerprint density at radius 2 is 1.95 bits per heavy atom. The summed E-state index contributed by atoms with van der Waals surface area (Å²) in [5, 5.41) is 3.40. The SMILES string of the molecule is CCNCC(Cc1cc(F)ccc1Br)c1cccc(Br)c1. The second-order valence-corrected chi connectivity index (χ2v) is 6.77. The van der Waals surface area contributed by atoms with Crippen molar-refractivity contribution in [3.8, 4) is 0 Å². The van der Waals surface area contributed by atoms with E-state index in [0.29, 0.717) is 5.92 Å². The Kier molecular flexibility index (Phi) is 6.40. The van der Waals surface area contributed by atoms with Gasteiger partial charge in [-0.3, -0.25) is 0 Å². The largest absolute Gasteiger partial charge is 0.316 e. The maximum atomic E-state index is 13.5. The lowest BCUT2D eigenvalue weighted by Gasteiger charge is -2.19. The van der Waals surface area contributed by atoms with Crippen molar-refractivity contribution in [2.24, 2.45) is 0 Å². The summed E-state index contributed by atoms with van der Waals surface area (Å²) in [7, 11) is 0. The van der Waals surface area contributed by atoms with E-state index in [1.165, 1.54) is 11.6 Å². The first kappa shape index (κ1) is 16.7. The number of nitrogens with one attached hydrogen (secondary N) is 1. The lowest BCUT2D eigenvalue weighted by molar-refractivity contribution is 0.587. The van der Waals surface area contributed by atoms with Gasteiger partial charge in [-0.1, -0.05) is 50.9 Å². The molecule has 0 aliphatic heterocycles. The van der Waals surface area contributed by atoms with Gasteiger partial charge in [-0.25, -0.2) is 4.39 Å². The summed E-state index contributed by atoms with van der Waals surface area (Å²) in [4.78, 5) is 0. The fourth-order valence-corrected chi connectivity index (χ4v) is 3.18. The van der Waals surface area contributed by atoms with Crippen molar-refractivity contribution in [1.29, 1.82) is 0 Å². The highest BCUT2D eigenvalue weighted by molar-refractivity contribution is 9.10. The van der Waals surface area contributed by atoms with Crippen LogP contribution in [0.15, 0.2) is 51.4 Å². The van der Waals surface area contributed by atoms with Crippen LogP contribution in [0.3, 0.4) is 0 Å². The van der Waals surface area contributed by atoms with E-state index in [1.54, 1.807) is 12.1 Å². The van der Waals surface area contributed by atoms with Crippen molar-refractivity contribution in [3.05, 3.63) is 68.4 Å². The molecule has 0 amide bonds. The maximum absolute atomic E-state index is 13.5. The molecule has 1 unspecified atom stereocenters. The molecule has 112 valence electrons. The number of hydrogen-bond donors (Lipinski definition) is 1. The molecule has 4 heteroatoms. The minimum atomic E-state index is -0.190. The third-order valence-electron chi connectivity index (χ3n) is 3.43. The molecule has 2 aromatic rings. The first-order valence-electron chi connectivity index (χ1n) is 7.00. The van der Waals surface area contributed by atoms with Crippen LogP contribution in [0.2, 0.25) is 0 Å². The molecule has 0 heterocycles. The predicted molar refractivity (Wildman–Crippen MR) is 93.2 cm³/mol. The van der Waals surface area contributed by atoms with Crippen molar-refractivity contribution >= 4 is 31.9 Å². The van der Waals surface area contributed by atoms with Gasteiger partial charge < -0.3 is 5.32 Å². The average molecular weight is 415 g/mol. The van der Waals surface area contributed by atoms with Gasteiger partial charge in [0.2, 0.25) is 0 Å². The van der Waals surface area contributed by atoms with Crippen LogP contribution in [-0.2, 0) is 6.42 Å². The average Bonchev–Trinajstić information content (AvgIpc) is 2.47. The number of likely N-dealkylation sites (N-methyl/N-ethyl adjacent to an activating group) is 1. The number of halogens is 3. The van der Waals surface area contributed by atoms with Gasteiger partial charge in [0.25, 0.3) is 0 Å². The minimum Gasteiger partial charge on any atom is -0.316 e. The van der Waals surface area contributed by atoms with Crippen LogP contribution in [-0.4, -0.2) is 13.1 Å². The van der Waals surface area contributed by atoms with E-state index in [9.17, 15) is 4.39 Å². The lowest BCUT2D eigenvalue weighted by atomic mass is 9.92. The summed E-state index contributed by atoms with van der Waals surface area (Å²) in [6, 6.07) is 13.2.